The van der Waals surface area contributed by atoms with Gasteiger partial charge in [-0.2, -0.15) is 0 Å². The van der Waals surface area contributed by atoms with E-state index >= 15 is 0 Å². The predicted octanol–water partition coefficient (Wildman–Crippen LogP) is 0.304. The van der Waals surface area contributed by atoms with Gasteiger partial charge in [-0.05, 0) is 20.3 Å². The summed E-state index contributed by atoms with van der Waals surface area (Å²) in [6, 6.07) is 0.221. The van der Waals surface area contributed by atoms with Crippen molar-refractivity contribution in [1.29, 1.82) is 0 Å². The molecule has 2 N–H and O–H groups in total. The van der Waals surface area contributed by atoms with Crippen LogP contribution in [0.3, 0.4) is 0 Å². The minimum Gasteiger partial charge on any atom is -0.365 e. The first kappa shape index (κ1) is 9.89. The molecule has 0 aromatic heterocycles. The fourth-order valence-corrected chi connectivity index (χ4v) is 1.37. The molecular weight excluding hydrogens is 159 g/mol. The highest BCUT2D eigenvalue weighted by atomic mass is 19.1. The highest BCUT2D eigenvalue weighted by Gasteiger charge is 2.26. The van der Waals surface area contributed by atoms with Crippen molar-refractivity contribution >= 4 is 0 Å². The monoisotopic (exact) mass is 176 g/mol. The SMILES string of the molecule is CC(C)NC(O)N1CC[C@@H](F)C1. The molecule has 2 atom stereocenters. The molecule has 1 saturated heterocycles. The van der Waals surface area contributed by atoms with Gasteiger partial charge in [0.25, 0.3) is 0 Å². The molecule has 1 aliphatic heterocycles. The van der Waals surface area contributed by atoms with E-state index in [0.29, 0.717) is 19.5 Å². The average molecular weight is 176 g/mol. The van der Waals surface area contributed by atoms with E-state index in [9.17, 15) is 9.50 Å². The molecule has 0 aromatic carbocycles. The number of aliphatic hydroxyl groups is 1. The number of hydrogen-bond donors (Lipinski definition) is 2. The van der Waals surface area contributed by atoms with Crippen LogP contribution in [-0.2, 0) is 0 Å². The number of hydrogen-bond acceptors (Lipinski definition) is 3. The van der Waals surface area contributed by atoms with E-state index in [1.807, 2.05) is 13.8 Å². The Hall–Kier alpha value is -0.190. The van der Waals surface area contributed by atoms with Crippen LogP contribution in [0.2, 0.25) is 0 Å². The van der Waals surface area contributed by atoms with Crippen molar-refractivity contribution in [3.63, 3.8) is 0 Å². The van der Waals surface area contributed by atoms with Crippen molar-refractivity contribution in [2.45, 2.75) is 38.8 Å². The zero-order valence-corrected chi connectivity index (χ0v) is 7.63. The zero-order valence-electron chi connectivity index (χ0n) is 7.63. The van der Waals surface area contributed by atoms with Crippen LogP contribution in [0, 0.1) is 0 Å². The van der Waals surface area contributed by atoms with E-state index in [1.54, 1.807) is 4.90 Å². The van der Waals surface area contributed by atoms with Gasteiger partial charge in [0.15, 0.2) is 6.35 Å². The Balaban J connectivity index is 2.28. The average Bonchev–Trinajstić information content (AvgIpc) is 2.34. The van der Waals surface area contributed by atoms with Crippen molar-refractivity contribution in [3.05, 3.63) is 0 Å². The number of aliphatic hydroxyl groups excluding tert-OH is 1. The fourth-order valence-electron chi connectivity index (χ4n) is 1.37. The maximum Gasteiger partial charge on any atom is 0.163 e. The summed E-state index contributed by atoms with van der Waals surface area (Å²) in [6.07, 6.45) is -0.920. The van der Waals surface area contributed by atoms with Crippen LogP contribution in [0.15, 0.2) is 0 Å². The standard InChI is InChI=1S/C8H17FN2O/c1-6(2)10-8(12)11-4-3-7(9)5-11/h6-8,10,12H,3-5H2,1-2H3/t7-,8?/m1/s1. The molecule has 0 saturated carbocycles. The Morgan fingerprint density at radius 3 is 2.67 bits per heavy atom. The first-order valence-electron chi connectivity index (χ1n) is 4.42. The highest BCUT2D eigenvalue weighted by molar-refractivity contribution is 4.76. The molecule has 0 spiro atoms. The molecule has 0 bridgehead atoms. The first-order valence-corrected chi connectivity index (χ1v) is 4.42. The van der Waals surface area contributed by atoms with E-state index in [-0.39, 0.29) is 6.04 Å². The number of halogens is 1. The number of rotatable bonds is 3. The van der Waals surface area contributed by atoms with Crippen molar-refractivity contribution in [2.75, 3.05) is 13.1 Å². The minimum atomic E-state index is -0.770. The highest BCUT2D eigenvalue weighted by Crippen LogP contribution is 2.13. The minimum absolute atomic E-state index is 0.221. The molecule has 4 heteroatoms. The van der Waals surface area contributed by atoms with Crippen LogP contribution in [0.4, 0.5) is 4.39 Å². The summed E-state index contributed by atoms with van der Waals surface area (Å²) >= 11 is 0. The predicted molar refractivity (Wildman–Crippen MR) is 45.4 cm³/mol. The molecule has 1 unspecified atom stereocenters. The van der Waals surface area contributed by atoms with Crippen LogP contribution >= 0.6 is 0 Å². The molecule has 12 heavy (non-hydrogen) atoms. The second-order valence-electron chi connectivity index (χ2n) is 3.58. The second kappa shape index (κ2) is 4.16. The van der Waals surface area contributed by atoms with Gasteiger partial charge in [0.2, 0.25) is 0 Å². The molecule has 1 aliphatic rings. The third-order valence-corrected chi connectivity index (χ3v) is 1.99. The Kier molecular flexibility index (Phi) is 3.43. The van der Waals surface area contributed by atoms with Crippen molar-refractivity contribution < 1.29 is 9.50 Å². The molecule has 3 nitrogen and oxygen atoms in total. The number of nitrogens with one attached hydrogen (secondary N) is 1. The Morgan fingerprint density at radius 1 is 1.58 bits per heavy atom. The molecule has 1 heterocycles. The van der Waals surface area contributed by atoms with Gasteiger partial charge in [-0.3, -0.25) is 10.2 Å². The molecule has 0 aliphatic carbocycles. The van der Waals surface area contributed by atoms with Gasteiger partial charge in [-0.1, -0.05) is 0 Å². The lowest BCUT2D eigenvalue weighted by Crippen LogP contribution is -2.47. The van der Waals surface area contributed by atoms with Gasteiger partial charge < -0.3 is 5.11 Å². The van der Waals surface area contributed by atoms with Crippen LogP contribution in [0.1, 0.15) is 20.3 Å². The van der Waals surface area contributed by atoms with Crippen LogP contribution in [0.25, 0.3) is 0 Å². The summed E-state index contributed by atoms with van der Waals surface area (Å²) in [5.41, 5.74) is 0. The first-order chi connectivity index (χ1) is 5.59. The summed E-state index contributed by atoms with van der Waals surface area (Å²) in [6.45, 7) is 4.89. The Labute approximate surface area is 72.6 Å². The van der Waals surface area contributed by atoms with Gasteiger partial charge >= 0.3 is 0 Å². The van der Waals surface area contributed by atoms with Gasteiger partial charge in [-0.15, -0.1) is 0 Å². The molecule has 0 radical (unpaired) electrons. The van der Waals surface area contributed by atoms with Crippen molar-refractivity contribution in [3.8, 4) is 0 Å². The van der Waals surface area contributed by atoms with Gasteiger partial charge in [-0.25, -0.2) is 4.39 Å². The summed E-state index contributed by atoms with van der Waals surface area (Å²) in [5.74, 6) is 0. The van der Waals surface area contributed by atoms with Crippen LogP contribution in [0.5, 0.6) is 0 Å². The molecule has 1 fully saturated rings. The molecular formula is C8H17FN2O. The lowest BCUT2D eigenvalue weighted by Gasteiger charge is -2.24. The Morgan fingerprint density at radius 2 is 2.25 bits per heavy atom. The van der Waals surface area contributed by atoms with Gasteiger partial charge in [0, 0.05) is 19.1 Å². The summed E-state index contributed by atoms with van der Waals surface area (Å²) in [7, 11) is 0. The zero-order chi connectivity index (χ0) is 9.14. The summed E-state index contributed by atoms with van der Waals surface area (Å²) < 4.78 is 12.7. The van der Waals surface area contributed by atoms with E-state index in [4.69, 9.17) is 0 Å². The lowest BCUT2D eigenvalue weighted by molar-refractivity contribution is -0.0162. The van der Waals surface area contributed by atoms with E-state index in [0.717, 1.165) is 0 Å². The molecule has 72 valence electrons. The molecule has 0 aromatic rings. The van der Waals surface area contributed by atoms with Crippen molar-refractivity contribution in [2.24, 2.45) is 0 Å². The molecule has 0 amide bonds. The van der Waals surface area contributed by atoms with Crippen molar-refractivity contribution in [1.82, 2.24) is 10.2 Å². The lowest BCUT2D eigenvalue weighted by atomic mass is 10.3. The third-order valence-electron chi connectivity index (χ3n) is 1.99. The summed E-state index contributed by atoms with van der Waals surface area (Å²) in [5, 5.41) is 12.4. The number of likely N-dealkylation sites (tertiary alicyclic amines) is 1. The normalized spacial score (nSPS) is 28.2. The van der Waals surface area contributed by atoms with Crippen LogP contribution < -0.4 is 5.32 Å². The smallest absolute Gasteiger partial charge is 0.163 e. The van der Waals surface area contributed by atoms with Crippen LogP contribution in [-0.4, -0.2) is 41.7 Å². The van der Waals surface area contributed by atoms with E-state index in [1.165, 1.54) is 0 Å². The quantitative estimate of drug-likeness (QED) is 0.607. The summed E-state index contributed by atoms with van der Waals surface area (Å²) in [4.78, 5) is 1.71. The maximum atomic E-state index is 12.7. The number of alkyl halides is 1. The van der Waals surface area contributed by atoms with E-state index < -0.39 is 12.5 Å². The molecule has 1 rings (SSSR count). The Bertz CT molecular complexity index is 143. The van der Waals surface area contributed by atoms with E-state index in [2.05, 4.69) is 5.32 Å². The largest absolute Gasteiger partial charge is 0.365 e. The van der Waals surface area contributed by atoms with Gasteiger partial charge in [0.1, 0.15) is 6.17 Å². The topological polar surface area (TPSA) is 35.5 Å². The second-order valence-corrected chi connectivity index (χ2v) is 3.58. The van der Waals surface area contributed by atoms with Gasteiger partial charge in [0.05, 0.1) is 0 Å². The number of nitrogens with zero attached hydrogens (tertiary/aromatic N) is 1. The third kappa shape index (κ3) is 2.69. The maximum absolute atomic E-state index is 12.7. The fraction of sp³-hybridized carbons (Fsp3) is 1.00.